The van der Waals surface area contributed by atoms with E-state index >= 15 is 0 Å². The van der Waals surface area contributed by atoms with E-state index in [4.69, 9.17) is 9.47 Å². The lowest BCUT2D eigenvalue weighted by Crippen LogP contribution is -2.29. The van der Waals surface area contributed by atoms with Crippen molar-refractivity contribution in [2.45, 2.75) is 13.5 Å². The lowest BCUT2D eigenvalue weighted by atomic mass is 10.1. The Morgan fingerprint density at radius 3 is 2.27 bits per heavy atom. The number of methoxy groups -OCH3 is 1. The highest BCUT2D eigenvalue weighted by Gasteiger charge is 2.18. The summed E-state index contributed by atoms with van der Waals surface area (Å²) in [5.74, 6) is 1.14. The summed E-state index contributed by atoms with van der Waals surface area (Å²) in [6.07, 6.45) is 1.18. The minimum atomic E-state index is -3.47. The zero-order chi connectivity index (χ0) is 23.8. The fraction of sp³-hybridized carbons (Fsp3) is 0.240. The Balaban J connectivity index is 1.56. The molecule has 0 saturated carbocycles. The Bertz CT molecular complexity index is 1180. The van der Waals surface area contributed by atoms with E-state index in [-0.39, 0.29) is 12.5 Å². The van der Waals surface area contributed by atoms with Crippen molar-refractivity contribution in [1.29, 1.82) is 0 Å². The average Bonchev–Trinajstić information content (AvgIpc) is 2.80. The summed E-state index contributed by atoms with van der Waals surface area (Å²) in [5, 5.41) is 2.81. The van der Waals surface area contributed by atoms with Gasteiger partial charge in [-0.15, -0.1) is 0 Å². The highest BCUT2D eigenvalue weighted by molar-refractivity contribution is 7.92. The molecule has 0 saturated heterocycles. The first-order valence-electron chi connectivity index (χ1n) is 10.4. The molecule has 1 N–H and O–H groups in total. The molecule has 174 valence electrons. The highest BCUT2D eigenvalue weighted by atomic mass is 32.2. The van der Waals surface area contributed by atoms with Gasteiger partial charge in [-0.3, -0.25) is 9.10 Å². The molecule has 0 unspecified atom stereocenters. The van der Waals surface area contributed by atoms with Gasteiger partial charge in [-0.1, -0.05) is 35.9 Å². The van der Waals surface area contributed by atoms with E-state index < -0.39 is 10.0 Å². The molecule has 8 heteroatoms. The maximum Gasteiger partial charge on any atom is 0.251 e. The number of carbonyl (C=O) groups excluding carboxylic acids is 1. The van der Waals surface area contributed by atoms with Crippen LogP contribution in [0.3, 0.4) is 0 Å². The average molecular weight is 469 g/mol. The number of amides is 1. The standard InChI is InChI=1S/C25H28N2O5S/c1-19-7-13-22(14-8-19)27(33(3,29)30)18-20-9-11-21(12-10-20)25(28)26-15-16-32-24-6-4-5-23(17-24)31-2/h4-14,17H,15-16,18H2,1-3H3,(H,26,28). The zero-order valence-corrected chi connectivity index (χ0v) is 19.8. The quantitative estimate of drug-likeness (QED) is 0.458. The summed E-state index contributed by atoms with van der Waals surface area (Å²) < 4.78 is 36.8. The lowest BCUT2D eigenvalue weighted by Gasteiger charge is -2.22. The van der Waals surface area contributed by atoms with Gasteiger partial charge in [0.2, 0.25) is 10.0 Å². The molecule has 0 heterocycles. The van der Waals surface area contributed by atoms with Crippen LogP contribution < -0.4 is 19.1 Å². The number of nitrogens with zero attached hydrogens (tertiary/aromatic N) is 1. The van der Waals surface area contributed by atoms with E-state index in [0.29, 0.717) is 35.9 Å². The zero-order valence-electron chi connectivity index (χ0n) is 18.9. The summed E-state index contributed by atoms with van der Waals surface area (Å²) >= 11 is 0. The molecule has 0 atom stereocenters. The van der Waals surface area contributed by atoms with Crippen LogP contribution in [0.5, 0.6) is 11.5 Å². The number of benzene rings is 3. The van der Waals surface area contributed by atoms with Crippen molar-refractivity contribution in [2.24, 2.45) is 0 Å². The Kier molecular flexibility index (Phi) is 7.95. The minimum absolute atomic E-state index is 0.179. The Morgan fingerprint density at radius 2 is 1.64 bits per heavy atom. The maximum absolute atomic E-state index is 12.4. The van der Waals surface area contributed by atoms with Crippen LogP contribution >= 0.6 is 0 Å². The van der Waals surface area contributed by atoms with Gasteiger partial charge in [-0.2, -0.15) is 0 Å². The van der Waals surface area contributed by atoms with Crippen LogP contribution in [0, 0.1) is 6.92 Å². The van der Waals surface area contributed by atoms with Crippen LogP contribution in [0.2, 0.25) is 0 Å². The van der Waals surface area contributed by atoms with E-state index in [2.05, 4.69) is 5.32 Å². The molecule has 1 amide bonds. The molecule has 33 heavy (non-hydrogen) atoms. The minimum Gasteiger partial charge on any atom is -0.497 e. The van der Waals surface area contributed by atoms with Crippen LogP contribution in [0.4, 0.5) is 5.69 Å². The third-order valence-corrected chi connectivity index (χ3v) is 6.10. The monoisotopic (exact) mass is 468 g/mol. The number of anilines is 1. The number of sulfonamides is 1. The first kappa shape index (κ1) is 24.1. The van der Waals surface area contributed by atoms with Crippen LogP contribution in [-0.4, -0.2) is 40.8 Å². The molecular formula is C25H28N2O5S. The summed E-state index contributed by atoms with van der Waals surface area (Å²) in [7, 11) is -1.88. The van der Waals surface area contributed by atoms with Crippen molar-refractivity contribution in [3.05, 3.63) is 89.5 Å². The van der Waals surface area contributed by atoms with Gasteiger partial charge in [0.1, 0.15) is 18.1 Å². The molecule has 3 rings (SSSR count). The third-order valence-electron chi connectivity index (χ3n) is 4.96. The van der Waals surface area contributed by atoms with E-state index in [1.807, 2.05) is 37.3 Å². The molecule has 0 bridgehead atoms. The SMILES string of the molecule is COc1cccc(OCCNC(=O)c2ccc(CN(c3ccc(C)cc3)S(C)(=O)=O)cc2)c1. The van der Waals surface area contributed by atoms with Gasteiger partial charge < -0.3 is 14.8 Å². The van der Waals surface area contributed by atoms with Gasteiger partial charge in [0.15, 0.2) is 0 Å². The molecule has 7 nitrogen and oxygen atoms in total. The molecule has 3 aromatic rings. The van der Waals surface area contributed by atoms with Crippen molar-refractivity contribution in [3.63, 3.8) is 0 Å². The molecule has 0 spiro atoms. The normalized spacial score (nSPS) is 11.0. The second-order valence-corrected chi connectivity index (χ2v) is 9.49. The van der Waals surface area contributed by atoms with Crippen molar-refractivity contribution >= 4 is 21.6 Å². The van der Waals surface area contributed by atoms with Gasteiger partial charge >= 0.3 is 0 Å². The van der Waals surface area contributed by atoms with Gasteiger partial charge in [0.25, 0.3) is 5.91 Å². The van der Waals surface area contributed by atoms with Crippen LogP contribution in [0.1, 0.15) is 21.5 Å². The highest BCUT2D eigenvalue weighted by Crippen LogP contribution is 2.21. The summed E-state index contributed by atoms with van der Waals surface area (Å²) in [6, 6.07) is 21.5. The largest absolute Gasteiger partial charge is 0.497 e. The fourth-order valence-corrected chi connectivity index (χ4v) is 4.05. The van der Waals surface area contributed by atoms with Gasteiger partial charge in [0.05, 0.1) is 32.1 Å². The molecular weight excluding hydrogens is 440 g/mol. The molecule has 0 aliphatic rings. The van der Waals surface area contributed by atoms with E-state index in [1.165, 1.54) is 10.6 Å². The Hall–Kier alpha value is -3.52. The first-order valence-corrected chi connectivity index (χ1v) is 12.3. The second-order valence-electron chi connectivity index (χ2n) is 7.59. The molecule has 0 radical (unpaired) electrons. The van der Waals surface area contributed by atoms with Crippen molar-refractivity contribution in [1.82, 2.24) is 5.32 Å². The number of rotatable bonds is 10. The van der Waals surface area contributed by atoms with E-state index in [1.54, 1.807) is 49.6 Å². The number of carbonyl (C=O) groups is 1. The molecule has 3 aromatic carbocycles. The first-order chi connectivity index (χ1) is 15.8. The van der Waals surface area contributed by atoms with E-state index in [0.717, 1.165) is 11.1 Å². The van der Waals surface area contributed by atoms with Gasteiger partial charge in [-0.05, 0) is 48.9 Å². The van der Waals surface area contributed by atoms with E-state index in [9.17, 15) is 13.2 Å². The summed E-state index contributed by atoms with van der Waals surface area (Å²) in [5.41, 5.74) is 2.91. The topological polar surface area (TPSA) is 84.9 Å². The van der Waals surface area contributed by atoms with Gasteiger partial charge in [-0.25, -0.2) is 8.42 Å². The van der Waals surface area contributed by atoms with Crippen molar-refractivity contribution in [2.75, 3.05) is 30.8 Å². The van der Waals surface area contributed by atoms with Crippen molar-refractivity contribution in [3.8, 4) is 11.5 Å². The number of aryl methyl sites for hydroxylation is 1. The second kappa shape index (κ2) is 10.9. The van der Waals surface area contributed by atoms with Gasteiger partial charge in [0, 0.05) is 11.6 Å². The molecule has 0 aromatic heterocycles. The molecule has 0 aliphatic carbocycles. The molecule has 0 aliphatic heterocycles. The summed E-state index contributed by atoms with van der Waals surface area (Å²) in [6.45, 7) is 2.78. The lowest BCUT2D eigenvalue weighted by molar-refractivity contribution is 0.0947. The Morgan fingerprint density at radius 1 is 0.970 bits per heavy atom. The van der Waals surface area contributed by atoms with Crippen LogP contribution in [-0.2, 0) is 16.6 Å². The third kappa shape index (κ3) is 6.98. The maximum atomic E-state index is 12.4. The predicted octanol–water partition coefficient (Wildman–Crippen LogP) is 3.78. The number of ether oxygens (including phenoxy) is 2. The number of hydrogen-bond acceptors (Lipinski definition) is 5. The number of nitrogens with one attached hydrogen (secondary N) is 1. The predicted molar refractivity (Wildman–Crippen MR) is 129 cm³/mol. The van der Waals surface area contributed by atoms with Crippen LogP contribution in [0.25, 0.3) is 0 Å². The summed E-state index contributed by atoms with van der Waals surface area (Å²) in [4.78, 5) is 12.4. The molecule has 0 fully saturated rings. The smallest absolute Gasteiger partial charge is 0.251 e. The van der Waals surface area contributed by atoms with Crippen LogP contribution in [0.15, 0.2) is 72.8 Å². The Labute approximate surface area is 195 Å². The number of hydrogen-bond donors (Lipinski definition) is 1. The van der Waals surface area contributed by atoms with Crippen molar-refractivity contribution < 1.29 is 22.7 Å². The fourth-order valence-electron chi connectivity index (χ4n) is 3.16.